The van der Waals surface area contributed by atoms with Crippen LogP contribution in [0, 0.1) is 0 Å². The van der Waals surface area contributed by atoms with Gasteiger partial charge in [0.25, 0.3) is 0 Å². The molecule has 1 amide bonds. The van der Waals surface area contributed by atoms with Crippen LogP contribution in [0.2, 0.25) is 0 Å². The molecule has 0 radical (unpaired) electrons. The summed E-state index contributed by atoms with van der Waals surface area (Å²) in [6, 6.07) is 0.494. The van der Waals surface area contributed by atoms with Gasteiger partial charge in [0, 0.05) is 23.9 Å². The maximum Gasteiger partial charge on any atom is 0.232 e. The van der Waals surface area contributed by atoms with E-state index in [-0.39, 0.29) is 10.7 Å². The number of thioether (sulfide) groups is 1. The predicted octanol–water partition coefficient (Wildman–Crippen LogP) is 1.34. The monoisotopic (exact) mass is 230 g/mol. The molecule has 15 heavy (non-hydrogen) atoms. The molecule has 0 aromatic carbocycles. The van der Waals surface area contributed by atoms with Crippen molar-refractivity contribution in [3.63, 3.8) is 0 Å². The summed E-state index contributed by atoms with van der Waals surface area (Å²) in [5.74, 6) is 0.896. The van der Waals surface area contributed by atoms with Crippen LogP contribution in [0.1, 0.15) is 27.2 Å². The molecule has 0 aliphatic carbocycles. The highest BCUT2D eigenvalue weighted by atomic mass is 32.2. The van der Waals surface area contributed by atoms with Gasteiger partial charge in [0.15, 0.2) is 0 Å². The maximum absolute atomic E-state index is 11.8. The van der Waals surface area contributed by atoms with E-state index in [1.54, 1.807) is 11.8 Å². The predicted molar refractivity (Wildman–Crippen MR) is 66.3 cm³/mol. The van der Waals surface area contributed by atoms with E-state index in [2.05, 4.69) is 26.1 Å². The number of nitrogens with zero attached hydrogens (tertiary/aromatic N) is 1. The van der Waals surface area contributed by atoms with Crippen molar-refractivity contribution in [2.45, 2.75) is 38.0 Å². The fourth-order valence-corrected chi connectivity index (χ4v) is 2.33. The van der Waals surface area contributed by atoms with Crippen molar-refractivity contribution in [3.8, 4) is 0 Å². The van der Waals surface area contributed by atoms with Crippen molar-refractivity contribution in [1.29, 1.82) is 0 Å². The molecule has 88 valence electrons. The summed E-state index contributed by atoms with van der Waals surface area (Å²) in [5, 5.41) is 3.22. The first-order chi connectivity index (χ1) is 6.92. The Morgan fingerprint density at radius 3 is 2.67 bits per heavy atom. The molecule has 1 unspecified atom stereocenters. The average molecular weight is 230 g/mol. The molecule has 0 spiro atoms. The fraction of sp³-hybridized carbons (Fsp3) is 0.909. The quantitative estimate of drug-likeness (QED) is 0.794. The zero-order valence-electron chi connectivity index (χ0n) is 10.2. The van der Waals surface area contributed by atoms with Crippen molar-refractivity contribution in [2.75, 3.05) is 25.9 Å². The van der Waals surface area contributed by atoms with Crippen LogP contribution in [0.15, 0.2) is 0 Å². The van der Waals surface area contributed by atoms with Gasteiger partial charge in [-0.1, -0.05) is 20.8 Å². The fourth-order valence-electron chi connectivity index (χ4n) is 1.59. The van der Waals surface area contributed by atoms with E-state index >= 15 is 0 Å². The number of amides is 1. The molecular formula is C11H22N2OS. The molecule has 0 bridgehead atoms. The van der Waals surface area contributed by atoms with E-state index in [4.69, 9.17) is 0 Å². The molecule has 1 heterocycles. The van der Waals surface area contributed by atoms with Gasteiger partial charge < -0.3 is 10.2 Å². The third-order valence-electron chi connectivity index (χ3n) is 2.58. The second kappa shape index (κ2) is 5.21. The lowest BCUT2D eigenvalue weighted by Gasteiger charge is -2.21. The molecule has 1 saturated heterocycles. The molecule has 1 fully saturated rings. The Morgan fingerprint density at radius 2 is 2.20 bits per heavy atom. The Labute approximate surface area is 97.0 Å². The number of nitrogens with one attached hydrogen (secondary N) is 1. The molecule has 1 rings (SSSR count). The van der Waals surface area contributed by atoms with Crippen LogP contribution < -0.4 is 5.32 Å². The van der Waals surface area contributed by atoms with E-state index in [0.717, 1.165) is 19.5 Å². The third kappa shape index (κ3) is 4.43. The van der Waals surface area contributed by atoms with Crippen LogP contribution >= 0.6 is 11.8 Å². The van der Waals surface area contributed by atoms with Gasteiger partial charge in [-0.25, -0.2) is 0 Å². The number of hydrogen-bond acceptors (Lipinski definition) is 3. The van der Waals surface area contributed by atoms with Gasteiger partial charge in [-0.05, 0) is 13.5 Å². The molecule has 3 nitrogen and oxygen atoms in total. The van der Waals surface area contributed by atoms with Gasteiger partial charge >= 0.3 is 0 Å². The van der Waals surface area contributed by atoms with Gasteiger partial charge in [0.05, 0.1) is 5.75 Å². The van der Waals surface area contributed by atoms with Crippen LogP contribution in [0.5, 0.6) is 0 Å². The Hall–Kier alpha value is -0.220. The summed E-state index contributed by atoms with van der Waals surface area (Å²) >= 11 is 1.73. The number of rotatable bonds is 3. The number of hydrogen-bond donors (Lipinski definition) is 1. The minimum absolute atomic E-state index is 0.178. The second-order valence-corrected chi connectivity index (χ2v) is 6.82. The van der Waals surface area contributed by atoms with E-state index < -0.39 is 0 Å². The molecule has 0 saturated carbocycles. The summed E-state index contributed by atoms with van der Waals surface area (Å²) in [5.41, 5.74) is 0. The average Bonchev–Trinajstić information content (AvgIpc) is 2.61. The first kappa shape index (κ1) is 12.8. The topological polar surface area (TPSA) is 32.3 Å². The third-order valence-corrected chi connectivity index (χ3v) is 3.84. The Balaban J connectivity index is 2.30. The Kier molecular flexibility index (Phi) is 4.46. The minimum atomic E-state index is 0.178. The van der Waals surface area contributed by atoms with Gasteiger partial charge in [-0.3, -0.25) is 4.79 Å². The Bertz CT molecular complexity index is 225. The smallest absolute Gasteiger partial charge is 0.232 e. The van der Waals surface area contributed by atoms with Crippen molar-refractivity contribution in [2.24, 2.45) is 0 Å². The second-order valence-electron chi connectivity index (χ2n) is 5.02. The number of carbonyl (C=O) groups excluding carboxylic acids is 1. The SMILES string of the molecule is CNC1CCN(C(=O)CSC(C)(C)C)C1. The van der Waals surface area contributed by atoms with Crippen molar-refractivity contribution < 1.29 is 4.79 Å². The van der Waals surface area contributed by atoms with Gasteiger partial charge in [0.1, 0.15) is 0 Å². The van der Waals surface area contributed by atoms with E-state index in [1.807, 2.05) is 11.9 Å². The van der Waals surface area contributed by atoms with Crippen LogP contribution in [0.25, 0.3) is 0 Å². The standard InChI is InChI=1S/C11H22N2OS/c1-11(2,3)15-8-10(14)13-6-5-9(7-13)12-4/h9,12H,5-8H2,1-4H3. The maximum atomic E-state index is 11.8. The number of likely N-dealkylation sites (N-methyl/N-ethyl adjacent to an activating group) is 1. The zero-order valence-corrected chi connectivity index (χ0v) is 11.0. The highest BCUT2D eigenvalue weighted by molar-refractivity contribution is 8.01. The van der Waals surface area contributed by atoms with Crippen molar-refractivity contribution in [3.05, 3.63) is 0 Å². The zero-order chi connectivity index (χ0) is 11.5. The molecule has 1 aliphatic rings. The first-order valence-electron chi connectivity index (χ1n) is 5.51. The first-order valence-corrected chi connectivity index (χ1v) is 6.50. The van der Waals surface area contributed by atoms with Crippen LogP contribution in [0.3, 0.4) is 0 Å². The van der Waals surface area contributed by atoms with E-state index in [0.29, 0.717) is 11.8 Å². The molecule has 1 N–H and O–H groups in total. The van der Waals surface area contributed by atoms with Gasteiger partial charge in [0.2, 0.25) is 5.91 Å². The Morgan fingerprint density at radius 1 is 1.53 bits per heavy atom. The minimum Gasteiger partial charge on any atom is -0.340 e. The lowest BCUT2D eigenvalue weighted by molar-refractivity contribution is -0.127. The van der Waals surface area contributed by atoms with E-state index in [1.165, 1.54) is 0 Å². The molecule has 0 aromatic heterocycles. The lowest BCUT2D eigenvalue weighted by Crippen LogP contribution is -2.35. The summed E-state index contributed by atoms with van der Waals surface area (Å²) in [6.07, 6.45) is 1.09. The number of carbonyl (C=O) groups is 1. The van der Waals surface area contributed by atoms with Gasteiger partial charge in [-0.15, -0.1) is 11.8 Å². The van der Waals surface area contributed by atoms with Gasteiger partial charge in [-0.2, -0.15) is 0 Å². The summed E-state index contributed by atoms with van der Waals surface area (Å²) in [4.78, 5) is 13.8. The molecule has 4 heteroatoms. The van der Waals surface area contributed by atoms with Crippen molar-refractivity contribution >= 4 is 17.7 Å². The summed E-state index contributed by atoms with van der Waals surface area (Å²) in [7, 11) is 1.96. The van der Waals surface area contributed by atoms with Crippen LogP contribution in [-0.4, -0.2) is 47.5 Å². The summed E-state index contributed by atoms with van der Waals surface area (Å²) in [6.45, 7) is 8.22. The highest BCUT2D eigenvalue weighted by Gasteiger charge is 2.25. The van der Waals surface area contributed by atoms with E-state index in [9.17, 15) is 4.79 Å². The molecule has 1 atom stereocenters. The largest absolute Gasteiger partial charge is 0.340 e. The molecule has 1 aliphatic heterocycles. The lowest BCUT2D eigenvalue weighted by atomic mass is 10.3. The van der Waals surface area contributed by atoms with Crippen LogP contribution in [-0.2, 0) is 4.79 Å². The van der Waals surface area contributed by atoms with Crippen LogP contribution in [0.4, 0.5) is 0 Å². The number of likely N-dealkylation sites (tertiary alicyclic amines) is 1. The molecular weight excluding hydrogens is 208 g/mol. The highest BCUT2D eigenvalue weighted by Crippen LogP contribution is 2.23. The molecule has 0 aromatic rings. The summed E-state index contributed by atoms with van der Waals surface area (Å²) < 4.78 is 0.178. The van der Waals surface area contributed by atoms with Crippen molar-refractivity contribution in [1.82, 2.24) is 10.2 Å². The normalized spacial score (nSPS) is 22.1.